The molecular weight excluding hydrogens is 214 g/mol. The van der Waals surface area contributed by atoms with Gasteiger partial charge in [0.2, 0.25) is 0 Å². The second kappa shape index (κ2) is 5.50. The highest BCUT2D eigenvalue weighted by atomic mass is 16.5. The van der Waals surface area contributed by atoms with E-state index < -0.39 is 0 Å². The number of benzene rings is 1. The molecule has 0 saturated heterocycles. The number of H-pyrrole nitrogens is 1. The number of ether oxygens (including phenoxy) is 1. The Balaban J connectivity index is 2.11. The van der Waals surface area contributed by atoms with Gasteiger partial charge >= 0.3 is 0 Å². The first-order chi connectivity index (χ1) is 8.33. The van der Waals surface area contributed by atoms with Crippen molar-refractivity contribution in [1.82, 2.24) is 9.97 Å². The minimum Gasteiger partial charge on any atom is -0.494 e. The van der Waals surface area contributed by atoms with Crippen LogP contribution in [0.1, 0.15) is 19.2 Å². The minimum absolute atomic E-state index is 0.428. The van der Waals surface area contributed by atoms with E-state index in [0.29, 0.717) is 6.54 Å². The maximum absolute atomic E-state index is 5.53. The zero-order chi connectivity index (χ0) is 12.1. The third kappa shape index (κ3) is 2.85. The summed E-state index contributed by atoms with van der Waals surface area (Å²) in [7, 11) is 0. The van der Waals surface area contributed by atoms with Crippen molar-refractivity contribution in [3.05, 3.63) is 36.3 Å². The lowest BCUT2D eigenvalue weighted by molar-refractivity contribution is 0.317. The van der Waals surface area contributed by atoms with Crippen molar-refractivity contribution < 1.29 is 4.74 Å². The smallest absolute Gasteiger partial charge is 0.120 e. The molecule has 90 valence electrons. The molecule has 0 aliphatic carbocycles. The van der Waals surface area contributed by atoms with Crippen LogP contribution in [0.4, 0.5) is 0 Å². The van der Waals surface area contributed by atoms with Gasteiger partial charge in [-0.1, -0.05) is 6.92 Å². The fourth-order valence-corrected chi connectivity index (χ4v) is 1.56. The zero-order valence-corrected chi connectivity index (χ0v) is 9.94. The Labute approximate surface area is 101 Å². The molecule has 0 atom stereocenters. The van der Waals surface area contributed by atoms with E-state index in [1.54, 1.807) is 6.20 Å². The topological polar surface area (TPSA) is 63.9 Å². The maximum atomic E-state index is 5.53. The molecule has 4 nitrogen and oxygen atoms in total. The van der Waals surface area contributed by atoms with Crippen molar-refractivity contribution in [2.24, 2.45) is 5.73 Å². The van der Waals surface area contributed by atoms with E-state index in [2.05, 4.69) is 16.9 Å². The number of nitrogens with one attached hydrogen (secondary N) is 1. The first-order valence-corrected chi connectivity index (χ1v) is 5.80. The average molecular weight is 231 g/mol. The Kier molecular flexibility index (Phi) is 3.77. The van der Waals surface area contributed by atoms with Gasteiger partial charge in [-0.05, 0) is 36.2 Å². The average Bonchev–Trinajstić information content (AvgIpc) is 2.86. The van der Waals surface area contributed by atoms with Crippen LogP contribution < -0.4 is 10.5 Å². The first kappa shape index (κ1) is 11.7. The third-order valence-corrected chi connectivity index (χ3v) is 2.46. The highest BCUT2D eigenvalue weighted by molar-refractivity contribution is 5.59. The van der Waals surface area contributed by atoms with E-state index >= 15 is 0 Å². The summed E-state index contributed by atoms with van der Waals surface area (Å²) in [4.78, 5) is 7.34. The largest absolute Gasteiger partial charge is 0.494 e. The number of imidazole rings is 1. The van der Waals surface area contributed by atoms with E-state index in [9.17, 15) is 0 Å². The Bertz CT molecular complexity index is 462. The lowest BCUT2D eigenvalue weighted by atomic mass is 10.2. The molecule has 17 heavy (non-hydrogen) atoms. The van der Waals surface area contributed by atoms with E-state index in [1.807, 2.05) is 24.3 Å². The fourth-order valence-electron chi connectivity index (χ4n) is 1.56. The molecule has 0 saturated carbocycles. The molecule has 0 radical (unpaired) electrons. The van der Waals surface area contributed by atoms with Crippen LogP contribution in [0.25, 0.3) is 11.3 Å². The van der Waals surface area contributed by atoms with Crippen molar-refractivity contribution in [1.29, 1.82) is 0 Å². The van der Waals surface area contributed by atoms with Crippen molar-refractivity contribution in [3.63, 3.8) is 0 Å². The van der Waals surface area contributed by atoms with E-state index in [0.717, 1.165) is 35.9 Å². The molecule has 2 rings (SSSR count). The third-order valence-electron chi connectivity index (χ3n) is 2.46. The van der Waals surface area contributed by atoms with Gasteiger partial charge in [0, 0.05) is 0 Å². The summed E-state index contributed by atoms with van der Waals surface area (Å²) < 4.78 is 5.53. The molecule has 0 aliphatic heterocycles. The number of hydrogen-bond acceptors (Lipinski definition) is 3. The summed E-state index contributed by atoms with van der Waals surface area (Å²) in [5.41, 5.74) is 7.57. The Morgan fingerprint density at radius 1 is 1.29 bits per heavy atom. The highest BCUT2D eigenvalue weighted by Gasteiger charge is 2.02. The molecule has 0 spiro atoms. The number of aromatic amines is 1. The predicted molar refractivity (Wildman–Crippen MR) is 67.7 cm³/mol. The summed E-state index contributed by atoms with van der Waals surface area (Å²) in [5, 5.41) is 0. The molecule has 0 aliphatic rings. The second-order valence-electron chi connectivity index (χ2n) is 3.82. The maximum Gasteiger partial charge on any atom is 0.120 e. The van der Waals surface area contributed by atoms with Gasteiger partial charge in [-0.25, -0.2) is 4.98 Å². The molecule has 0 fully saturated rings. The first-order valence-electron chi connectivity index (χ1n) is 5.80. The van der Waals surface area contributed by atoms with Gasteiger partial charge in [0.25, 0.3) is 0 Å². The van der Waals surface area contributed by atoms with Crippen molar-refractivity contribution >= 4 is 0 Å². The van der Waals surface area contributed by atoms with Gasteiger partial charge in [0.05, 0.1) is 25.0 Å². The molecule has 0 bridgehead atoms. The molecule has 3 N–H and O–H groups in total. The van der Waals surface area contributed by atoms with Crippen LogP contribution in [0, 0.1) is 0 Å². The Morgan fingerprint density at radius 3 is 2.65 bits per heavy atom. The van der Waals surface area contributed by atoms with E-state index in [4.69, 9.17) is 10.5 Å². The van der Waals surface area contributed by atoms with E-state index in [-0.39, 0.29) is 0 Å². The van der Waals surface area contributed by atoms with Crippen LogP contribution >= 0.6 is 0 Å². The van der Waals surface area contributed by atoms with Crippen LogP contribution in [-0.4, -0.2) is 16.6 Å². The normalized spacial score (nSPS) is 10.5. The second-order valence-corrected chi connectivity index (χ2v) is 3.82. The van der Waals surface area contributed by atoms with E-state index in [1.165, 1.54) is 0 Å². The van der Waals surface area contributed by atoms with Crippen molar-refractivity contribution in [2.75, 3.05) is 6.61 Å². The monoisotopic (exact) mass is 231 g/mol. The zero-order valence-electron chi connectivity index (χ0n) is 9.94. The van der Waals surface area contributed by atoms with Crippen LogP contribution in [0.15, 0.2) is 30.5 Å². The fraction of sp³-hybridized carbons (Fsp3) is 0.308. The SMILES string of the molecule is CCCOc1ccc(-c2cnc(CN)[nH]2)cc1. The predicted octanol–water partition coefficient (Wildman–Crippen LogP) is 2.32. The molecule has 2 aromatic rings. The number of nitrogens with zero attached hydrogens (tertiary/aromatic N) is 1. The molecule has 4 heteroatoms. The van der Waals surface area contributed by atoms with Crippen LogP contribution in [0.5, 0.6) is 5.75 Å². The Hall–Kier alpha value is -1.81. The summed E-state index contributed by atoms with van der Waals surface area (Å²) in [6.45, 7) is 3.27. The molecular formula is C13H17N3O. The number of nitrogens with two attached hydrogens (primary N) is 1. The number of hydrogen-bond donors (Lipinski definition) is 2. The number of rotatable bonds is 5. The highest BCUT2D eigenvalue weighted by Crippen LogP contribution is 2.20. The molecule has 0 unspecified atom stereocenters. The van der Waals surface area contributed by atoms with Gasteiger partial charge < -0.3 is 15.5 Å². The lowest BCUT2D eigenvalue weighted by Gasteiger charge is -2.04. The van der Waals surface area contributed by atoms with Crippen LogP contribution in [-0.2, 0) is 6.54 Å². The molecule has 1 aromatic carbocycles. The summed E-state index contributed by atoms with van der Waals surface area (Å²) in [6.07, 6.45) is 2.81. The number of aromatic nitrogens is 2. The Morgan fingerprint density at radius 2 is 2.06 bits per heavy atom. The minimum atomic E-state index is 0.428. The molecule has 1 aromatic heterocycles. The quantitative estimate of drug-likeness (QED) is 0.830. The summed E-state index contributed by atoms with van der Waals surface area (Å²) >= 11 is 0. The van der Waals surface area contributed by atoms with Gasteiger partial charge in [0.1, 0.15) is 11.6 Å². The molecule has 0 amide bonds. The van der Waals surface area contributed by atoms with Gasteiger partial charge in [-0.15, -0.1) is 0 Å². The van der Waals surface area contributed by atoms with Gasteiger partial charge in [-0.3, -0.25) is 0 Å². The lowest BCUT2D eigenvalue weighted by Crippen LogP contribution is -1.97. The van der Waals surface area contributed by atoms with Gasteiger partial charge in [-0.2, -0.15) is 0 Å². The summed E-state index contributed by atoms with van der Waals surface area (Å²) in [6, 6.07) is 7.96. The van der Waals surface area contributed by atoms with Gasteiger partial charge in [0.15, 0.2) is 0 Å². The summed E-state index contributed by atoms with van der Waals surface area (Å²) in [5.74, 6) is 1.69. The molecule has 1 heterocycles. The van der Waals surface area contributed by atoms with Crippen molar-refractivity contribution in [2.45, 2.75) is 19.9 Å². The van der Waals surface area contributed by atoms with Crippen LogP contribution in [0.2, 0.25) is 0 Å². The standard InChI is InChI=1S/C13H17N3O/c1-2-7-17-11-5-3-10(4-6-11)12-9-15-13(8-14)16-12/h3-6,9H,2,7-8,14H2,1H3,(H,15,16). The van der Waals surface area contributed by atoms with Crippen molar-refractivity contribution in [3.8, 4) is 17.0 Å². The van der Waals surface area contributed by atoms with Crippen LogP contribution in [0.3, 0.4) is 0 Å².